The van der Waals surface area contributed by atoms with Crippen LogP contribution < -0.4 is 15.3 Å². The van der Waals surface area contributed by atoms with Gasteiger partial charge in [0.1, 0.15) is 30.4 Å². The van der Waals surface area contributed by atoms with Crippen LogP contribution in [0, 0.1) is 81.7 Å². The van der Waals surface area contributed by atoms with Gasteiger partial charge in [-0.25, -0.2) is 25.3 Å². The largest absolute Gasteiger partial charge is 3.00 e. The first-order chi connectivity index (χ1) is 17.8. The number of carbonyl (C=O) groups excluding carboxylic acids is 3. The standard InChI is InChI=1S/3C6H5NO5S.2Nd/c3*8-6(9)4-1-2-7-3-5(4)13(10,11)12;;/h3*1-3H,(H,8,9)(H,10,11,12);;/q;;;2*+3/p-6. The average Bonchev–Trinajstić information content (AvgIpc) is 2.83. The maximum absolute atomic E-state index is 10.5. The van der Waals surface area contributed by atoms with Gasteiger partial charge in [-0.05, 0) is 18.2 Å². The molecule has 0 aliphatic carbocycles. The summed E-state index contributed by atoms with van der Waals surface area (Å²) in [4.78, 5) is 38.3. The number of carboxylic acids is 3. The Morgan fingerprint density at radius 3 is 0.805 bits per heavy atom. The number of hydrogen-bond donors (Lipinski definition) is 0. The Labute approximate surface area is 296 Å². The molecule has 3 heterocycles. The molecule has 0 aliphatic heterocycles. The Bertz CT molecular complexity index is 1530. The molecule has 0 atom stereocenters. The van der Waals surface area contributed by atoms with Gasteiger partial charge in [0.2, 0.25) is 0 Å². The molecule has 0 N–H and O–H groups in total. The summed E-state index contributed by atoms with van der Waals surface area (Å²) >= 11 is 0. The average molecular weight is 892 g/mol. The summed E-state index contributed by atoms with van der Waals surface area (Å²) in [7, 11) is -14.4. The molecule has 0 unspecified atom stereocenters. The molecule has 212 valence electrons. The van der Waals surface area contributed by atoms with Crippen molar-refractivity contribution in [2.45, 2.75) is 14.7 Å². The summed E-state index contributed by atoms with van der Waals surface area (Å²) < 4.78 is 94.2. The fourth-order valence-corrected chi connectivity index (χ4v) is 4.08. The molecule has 3 rings (SSSR count). The van der Waals surface area contributed by atoms with E-state index in [4.69, 9.17) is 0 Å². The van der Waals surface area contributed by atoms with Gasteiger partial charge in [-0.3, -0.25) is 15.0 Å². The van der Waals surface area contributed by atoms with E-state index in [1.54, 1.807) is 0 Å². The van der Waals surface area contributed by atoms with E-state index in [1.165, 1.54) is 0 Å². The summed E-state index contributed by atoms with van der Waals surface area (Å²) in [6, 6.07) is 2.67. The predicted molar refractivity (Wildman–Crippen MR) is 110 cm³/mol. The van der Waals surface area contributed by atoms with Crippen LogP contribution in [0.1, 0.15) is 31.1 Å². The minimum absolute atomic E-state index is 0. The number of rotatable bonds is 6. The van der Waals surface area contributed by atoms with Gasteiger partial charge in [-0.15, -0.1) is 0 Å². The van der Waals surface area contributed by atoms with Gasteiger partial charge in [0.05, 0.1) is 32.6 Å². The molecule has 0 saturated carbocycles. The summed E-state index contributed by atoms with van der Waals surface area (Å²) in [6.45, 7) is 0. The molecule has 0 fully saturated rings. The van der Waals surface area contributed by atoms with E-state index in [1.807, 2.05) is 0 Å². The molecule has 18 nitrogen and oxygen atoms in total. The van der Waals surface area contributed by atoms with Crippen molar-refractivity contribution >= 4 is 48.3 Å². The second kappa shape index (κ2) is 17.4. The number of hydrogen-bond acceptors (Lipinski definition) is 18. The Balaban J connectivity index is 0. The third kappa shape index (κ3) is 13.4. The van der Waals surface area contributed by atoms with E-state index in [0.29, 0.717) is 18.6 Å². The molecular weight excluding hydrogens is 883 g/mol. The third-order valence-corrected chi connectivity index (χ3v) is 6.41. The smallest absolute Gasteiger partial charge is 0.744 e. The zero-order valence-electron chi connectivity index (χ0n) is 19.4. The summed E-state index contributed by atoms with van der Waals surface area (Å²) in [5.74, 6) is -5.18. The van der Waals surface area contributed by atoms with Crippen LogP contribution in [0.5, 0.6) is 0 Å². The van der Waals surface area contributed by atoms with E-state index in [2.05, 4.69) is 15.0 Å². The molecule has 0 aliphatic rings. The molecular formula is C18H9N3Nd2O15S3. The fourth-order valence-electron chi connectivity index (χ4n) is 2.24. The molecule has 3 aromatic rings. The van der Waals surface area contributed by atoms with Crippen molar-refractivity contribution in [3.05, 3.63) is 72.1 Å². The van der Waals surface area contributed by atoms with E-state index >= 15 is 0 Å². The van der Waals surface area contributed by atoms with E-state index in [0.717, 1.165) is 36.8 Å². The number of carboxylic acid groups (broad SMARTS) is 3. The molecule has 0 bridgehead atoms. The van der Waals surface area contributed by atoms with Crippen molar-refractivity contribution in [2.24, 2.45) is 0 Å². The van der Waals surface area contributed by atoms with Gasteiger partial charge in [-0.1, -0.05) is 0 Å². The van der Waals surface area contributed by atoms with Crippen LogP contribution in [0.4, 0.5) is 0 Å². The molecule has 0 aromatic carbocycles. The number of carbonyl (C=O) groups is 3. The van der Waals surface area contributed by atoms with Crippen molar-refractivity contribution in [3.8, 4) is 0 Å². The SMILES string of the molecule is O=C([O-])c1ccncc1S(=O)(=O)[O-].O=C([O-])c1ccncc1S(=O)(=O)[O-].O=C([O-])c1ccncc1S(=O)(=O)[O-].[Nd+3].[Nd+3]. The first-order valence-electron chi connectivity index (χ1n) is 9.12. The molecule has 3 aromatic heterocycles. The maximum Gasteiger partial charge on any atom is 3.00 e. The Kier molecular flexibility index (Phi) is 17.6. The number of nitrogens with zero attached hydrogens (tertiary/aromatic N) is 3. The van der Waals surface area contributed by atoms with Crippen molar-refractivity contribution in [2.75, 3.05) is 0 Å². The van der Waals surface area contributed by atoms with Crippen LogP contribution in [0.2, 0.25) is 0 Å². The predicted octanol–water partition coefficient (Wildman–Crippen LogP) is -4.95. The van der Waals surface area contributed by atoms with Crippen LogP contribution in [-0.2, 0) is 30.4 Å². The van der Waals surface area contributed by atoms with Crippen molar-refractivity contribution in [3.63, 3.8) is 0 Å². The third-order valence-electron chi connectivity index (χ3n) is 3.82. The zero-order chi connectivity index (χ0) is 30.2. The maximum atomic E-state index is 10.5. The van der Waals surface area contributed by atoms with Gasteiger partial charge in [0.15, 0.2) is 0 Å². The van der Waals surface area contributed by atoms with E-state index in [9.17, 15) is 68.6 Å². The van der Waals surface area contributed by atoms with Gasteiger partial charge < -0.3 is 43.4 Å². The Morgan fingerprint density at radius 2 is 0.683 bits per heavy atom. The minimum Gasteiger partial charge on any atom is -0.744 e. The molecule has 0 spiro atoms. The molecule has 23 heteroatoms. The fraction of sp³-hybridized carbons (Fsp3) is 0. The normalized spacial score (nSPS) is 10.6. The molecule has 41 heavy (non-hydrogen) atoms. The first kappa shape index (κ1) is 41.4. The van der Waals surface area contributed by atoms with Crippen molar-refractivity contribution in [1.29, 1.82) is 0 Å². The van der Waals surface area contributed by atoms with Crippen LogP contribution in [0.3, 0.4) is 0 Å². The first-order valence-corrected chi connectivity index (χ1v) is 13.3. The number of aromatic nitrogens is 3. The molecule has 0 saturated heterocycles. The minimum atomic E-state index is -4.81. The number of aromatic carboxylic acids is 3. The van der Waals surface area contributed by atoms with Crippen LogP contribution in [0.15, 0.2) is 70.1 Å². The van der Waals surface area contributed by atoms with Crippen molar-refractivity contribution in [1.82, 2.24) is 15.0 Å². The number of pyridine rings is 3. The van der Waals surface area contributed by atoms with Gasteiger partial charge in [0, 0.05) is 53.9 Å². The zero-order valence-corrected chi connectivity index (χ0v) is 28.3. The second-order valence-electron chi connectivity index (χ2n) is 6.34. The van der Waals surface area contributed by atoms with E-state index < -0.39 is 79.6 Å². The topological polar surface area (TPSA) is 331 Å². The Hall–Kier alpha value is -1.71. The van der Waals surface area contributed by atoms with Crippen LogP contribution in [0.25, 0.3) is 0 Å². The quantitative estimate of drug-likeness (QED) is 0.209. The van der Waals surface area contributed by atoms with Crippen LogP contribution in [-0.4, -0.2) is 71.8 Å². The molecule has 2 radical (unpaired) electrons. The van der Waals surface area contributed by atoms with Gasteiger partial charge in [0.25, 0.3) is 0 Å². The van der Waals surface area contributed by atoms with Crippen LogP contribution >= 0.6 is 0 Å². The Morgan fingerprint density at radius 1 is 0.488 bits per heavy atom. The van der Waals surface area contributed by atoms with Gasteiger partial charge in [-0.2, -0.15) is 0 Å². The summed E-state index contributed by atoms with van der Waals surface area (Å²) in [5, 5.41) is 31.0. The van der Waals surface area contributed by atoms with Crippen molar-refractivity contribution < 1.29 is 150 Å². The summed E-state index contributed by atoms with van der Waals surface area (Å²) in [5.41, 5.74) is -2.03. The molecule has 0 amide bonds. The van der Waals surface area contributed by atoms with Gasteiger partial charge >= 0.3 is 81.7 Å². The van der Waals surface area contributed by atoms with E-state index in [-0.39, 0.29) is 81.7 Å². The monoisotopic (exact) mass is 887 g/mol. The second-order valence-corrected chi connectivity index (χ2v) is 10.4. The summed E-state index contributed by atoms with van der Waals surface area (Å²) in [6.07, 6.45) is 5.19.